The topological polar surface area (TPSA) is 77.3 Å². The second-order valence-corrected chi connectivity index (χ2v) is 5.44. The zero-order valence-electron chi connectivity index (χ0n) is 11.7. The van der Waals surface area contributed by atoms with Gasteiger partial charge in [0.15, 0.2) is 0 Å². The van der Waals surface area contributed by atoms with Gasteiger partial charge in [0.2, 0.25) is 5.88 Å². The van der Waals surface area contributed by atoms with Crippen molar-refractivity contribution in [3.05, 3.63) is 44.6 Å². The number of nitrogens with zero attached hydrogens (tertiary/aromatic N) is 2. The molecule has 0 aromatic carbocycles. The molecule has 0 fully saturated rings. The van der Waals surface area contributed by atoms with E-state index in [9.17, 15) is 10.1 Å². The third kappa shape index (κ3) is 4.71. The normalized spacial score (nSPS) is 10.3. The summed E-state index contributed by atoms with van der Waals surface area (Å²) in [4.78, 5) is 15.9. The maximum absolute atomic E-state index is 10.9. The van der Waals surface area contributed by atoms with Gasteiger partial charge in [-0.3, -0.25) is 10.1 Å². The maximum Gasteiger partial charge on any atom is 0.278 e. The molecule has 2 rings (SSSR count). The first kappa shape index (κ1) is 15.2. The van der Waals surface area contributed by atoms with Gasteiger partial charge >= 0.3 is 0 Å². The van der Waals surface area contributed by atoms with Crippen molar-refractivity contribution in [3.63, 3.8) is 0 Å². The van der Waals surface area contributed by atoms with Crippen LogP contribution in [0.5, 0.6) is 5.88 Å². The van der Waals surface area contributed by atoms with Crippen LogP contribution in [0.1, 0.15) is 18.2 Å². The van der Waals surface area contributed by atoms with Gasteiger partial charge in [0, 0.05) is 17.8 Å². The molecule has 6 nitrogen and oxygen atoms in total. The number of thiophene rings is 1. The average Bonchev–Trinajstić information content (AvgIpc) is 2.98. The van der Waals surface area contributed by atoms with Gasteiger partial charge in [-0.15, -0.1) is 11.3 Å². The van der Waals surface area contributed by atoms with Crippen LogP contribution in [0.2, 0.25) is 0 Å². The number of rotatable bonds is 8. The van der Waals surface area contributed by atoms with Crippen LogP contribution in [-0.2, 0) is 6.42 Å². The second kappa shape index (κ2) is 7.58. The first-order valence-corrected chi connectivity index (χ1v) is 7.62. The Bertz CT molecular complexity index is 587. The molecule has 0 spiro atoms. The van der Waals surface area contributed by atoms with Crippen molar-refractivity contribution in [3.8, 4) is 5.88 Å². The summed E-state index contributed by atoms with van der Waals surface area (Å²) in [7, 11) is 0. The number of hydrogen-bond donors (Lipinski definition) is 1. The van der Waals surface area contributed by atoms with Crippen molar-refractivity contribution in [2.45, 2.75) is 19.8 Å². The molecule has 0 bridgehead atoms. The molecule has 0 amide bonds. The summed E-state index contributed by atoms with van der Waals surface area (Å²) in [6.07, 6.45) is 1.68. The van der Waals surface area contributed by atoms with Crippen LogP contribution in [0, 0.1) is 10.1 Å². The van der Waals surface area contributed by atoms with Crippen molar-refractivity contribution in [2.75, 3.05) is 18.5 Å². The molecule has 2 aromatic rings. The van der Waals surface area contributed by atoms with E-state index in [0.717, 1.165) is 12.8 Å². The largest absolute Gasteiger partial charge is 0.477 e. The number of pyridine rings is 1. The Labute approximate surface area is 126 Å². The average molecular weight is 307 g/mol. The molecule has 0 aliphatic carbocycles. The van der Waals surface area contributed by atoms with Gasteiger partial charge in [-0.1, -0.05) is 13.0 Å². The Morgan fingerprint density at radius 2 is 2.33 bits per heavy atom. The molecule has 0 saturated heterocycles. The van der Waals surface area contributed by atoms with Gasteiger partial charge in [-0.25, -0.2) is 0 Å². The molecular formula is C14H17N3O3S. The van der Waals surface area contributed by atoms with Gasteiger partial charge < -0.3 is 10.1 Å². The zero-order valence-corrected chi connectivity index (χ0v) is 12.6. The maximum atomic E-state index is 10.9. The van der Waals surface area contributed by atoms with Crippen molar-refractivity contribution < 1.29 is 9.66 Å². The molecular weight excluding hydrogens is 290 g/mol. The van der Waals surface area contributed by atoms with Crippen LogP contribution in [0.4, 0.5) is 11.5 Å². The predicted molar refractivity (Wildman–Crippen MR) is 83.2 cm³/mol. The SMILES string of the molecule is CCCNc1cc([N+](=O)[O-])cc(OCCc2cccs2)n1. The molecule has 21 heavy (non-hydrogen) atoms. The van der Waals surface area contributed by atoms with E-state index in [1.54, 1.807) is 11.3 Å². The lowest BCUT2D eigenvalue weighted by atomic mass is 10.3. The standard InChI is InChI=1S/C14H17N3O3S/c1-2-6-15-13-9-11(17(18)19)10-14(16-13)20-7-5-12-4-3-8-21-12/h3-4,8-10H,2,5-7H2,1H3,(H,15,16). The number of hydrogen-bond acceptors (Lipinski definition) is 6. The molecule has 0 saturated carbocycles. The minimum absolute atomic E-state index is 0.0188. The van der Waals surface area contributed by atoms with Crippen LogP contribution < -0.4 is 10.1 Å². The highest BCUT2D eigenvalue weighted by molar-refractivity contribution is 7.09. The number of nitro groups is 1. The molecule has 0 aliphatic rings. The third-order valence-corrected chi connectivity index (χ3v) is 3.67. The third-order valence-electron chi connectivity index (χ3n) is 2.73. The molecule has 112 valence electrons. The fraction of sp³-hybridized carbons (Fsp3) is 0.357. The highest BCUT2D eigenvalue weighted by Gasteiger charge is 2.12. The van der Waals surface area contributed by atoms with Crippen molar-refractivity contribution in [1.82, 2.24) is 4.98 Å². The first-order valence-electron chi connectivity index (χ1n) is 6.74. The van der Waals surface area contributed by atoms with E-state index < -0.39 is 4.92 Å². The molecule has 0 radical (unpaired) electrons. The summed E-state index contributed by atoms with van der Waals surface area (Å²) < 4.78 is 5.54. The highest BCUT2D eigenvalue weighted by atomic mass is 32.1. The second-order valence-electron chi connectivity index (χ2n) is 4.41. The van der Waals surface area contributed by atoms with Crippen molar-refractivity contribution >= 4 is 22.8 Å². The monoisotopic (exact) mass is 307 g/mol. The van der Waals surface area contributed by atoms with Crippen LogP contribution in [0.15, 0.2) is 29.6 Å². The summed E-state index contributed by atoms with van der Waals surface area (Å²) in [6, 6.07) is 6.79. The Hall–Kier alpha value is -2.15. The molecule has 0 unspecified atom stereocenters. The molecule has 1 N–H and O–H groups in total. The Morgan fingerprint density at radius 3 is 3.00 bits per heavy atom. The lowest BCUT2D eigenvalue weighted by Crippen LogP contribution is -2.06. The molecule has 2 aromatic heterocycles. The van der Waals surface area contributed by atoms with Gasteiger partial charge in [-0.05, 0) is 17.9 Å². The number of aromatic nitrogens is 1. The lowest BCUT2D eigenvalue weighted by Gasteiger charge is -2.08. The van der Waals surface area contributed by atoms with Gasteiger partial charge in [0.25, 0.3) is 5.69 Å². The lowest BCUT2D eigenvalue weighted by molar-refractivity contribution is -0.384. The predicted octanol–water partition coefficient (Wildman–Crippen LogP) is 3.49. The number of anilines is 1. The highest BCUT2D eigenvalue weighted by Crippen LogP contribution is 2.22. The van der Waals surface area contributed by atoms with E-state index in [2.05, 4.69) is 10.3 Å². The van der Waals surface area contributed by atoms with Crippen LogP contribution in [-0.4, -0.2) is 23.1 Å². The number of nitrogens with one attached hydrogen (secondary N) is 1. The van der Waals surface area contributed by atoms with E-state index in [4.69, 9.17) is 4.74 Å². The molecule has 0 aliphatic heterocycles. The Morgan fingerprint density at radius 1 is 1.48 bits per heavy atom. The number of ether oxygens (including phenoxy) is 1. The smallest absolute Gasteiger partial charge is 0.278 e. The minimum Gasteiger partial charge on any atom is -0.477 e. The summed E-state index contributed by atoms with van der Waals surface area (Å²) in [6.45, 7) is 3.17. The minimum atomic E-state index is -0.440. The van der Waals surface area contributed by atoms with Crippen molar-refractivity contribution in [2.24, 2.45) is 0 Å². The van der Waals surface area contributed by atoms with E-state index in [-0.39, 0.29) is 11.6 Å². The van der Waals surface area contributed by atoms with Crippen LogP contribution in [0.25, 0.3) is 0 Å². The fourth-order valence-corrected chi connectivity index (χ4v) is 2.42. The quantitative estimate of drug-likeness (QED) is 0.596. The van der Waals surface area contributed by atoms with Gasteiger partial charge in [0.1, 0.15) is 5.82 Å². The van der Waals surface area contributed by atoms with Crippen LogP contribution in [0.3, 0.4) is 0 Å². The van der Waals surface area contributed by atoms with Gasteiger partial charge in [0.05, 0.1) is 23.7 Å². The molecule has 0 atom stereocenters. The van der Waals surface area contributed by atoms with E-state index in [1.165, 1.54) is 17.0 Å². The van der Waals surface area contributed by atoms with Crippen LogP contribution >= 0.6 is 11.3 Å². The van der Waals surface area contributed by atoms with Crippen molar-refractivity contribution in [1.29, 1.82) is 0 Å². The molecule has 2 heterocycles. The van der Waals surface area contributed by atoms with E-state index >= 15 is 0 Å². The van der Waals surface area contributed by atoms with Gasteiger partial charge in [-0.2, -0.15) is 4.98 Å². The Kier molecular flexibility index (Phi) is 5.51. The fourth-order valence-electron chi connectivity index (χ4n) is 1.73. The summed E-state index contributed by atoms with van der Waals surface area (Å²) in [5.74, 6) is 0.747. The zero-order chi connectivity index (χ0) is 15.1. The summed E-state index contributed by atoms with van der Waals surface area (Å²) in [5.41, 5.74) is -0.0188. The summed E-state index contributed by atoms with van der Waals surface area (Å²) in [5, 5.41) is 16.0. The van der Waals surface area contributed by atoms with E-state index in [1.807, 2.05) is 24.4 Å². The summed E-state index contributed by atoms with van der Waals surface area (Å²) >= 11 is 1.66. The van der Waals surface area contributed by atoms with E-state index in [0.29, 0.717) is 19.0 Å². The Balaban J connectivity index is 2.02. The first-order chi connectivity index (χ1) is 10.2. The molecule has 7 heteroatoms.